The van der Waals surface area contributed by atoms with E-state index in [4.69, 9.17) is 35.3 Å². The van der Waals surface area contributed by atoms with Crippen LogP contribution in [0.4, 0.5) is 10.1 Å². The number of hydrogen-bond donors (Lipinski definition) is 8. The second-order valence-electron chi connectivity index (χ2n) is 16.1. The number of aliphatic imine (C=N–C) groups is 1. The van der Waals surface area contributed by atoms with Crippen LogP contribution >= 0.6 is 23.2 Å². The van der Waals surface area contributed by atoms with Crippen LogP contribution in [-0.4, -0.2) is 131 Å². The molecule has 10 N–H and O–H groups in total. The summed E-state index contributed by atoms with van der Waals surface area (Å²) in [5.41, 5.74) is 15.4. The maximum atomic E-state index is 13.5. The smallest absolute Gasteiger partial charge is 0.488 e. The fourth-order valence-electron chi connectivity index (χ4n) is 6.86. The summed E-state index contributed by atoms with van der Waals surface area (Å²) >= 11 is 0. The molecule has 2 aliphatic rings. The number of nitrogen functional groups attached to an aromatic ring is 1. The highest BCUT2D eigenvalue weighted by atomic mass is 31.3. The zero-order valence-corrected chi connectivity index (χ0v) is 42.5. The Kier molecular flexibility index (Phi) is 21.6. The highest BCUT2D eigenvalue weighted by Gasteiger charge is 2.40. The van der Waals surface area contributed by atoms with Crippen molar-refractivity contribution in [2.75, 3.05) is 65.1 Å². The SMILES string of the molecule is Cc1cc(C)n(BF)c1/C=C1/C=CC(CCC(=O)NCCNC(=O)c2cccc(OCC(N)OCCOCC(=O)NCC#Cc3cn([C@H]4CC[C@@H](COP(=O)(O)OP(=O)(O)OP(C)(=O)O)O4)c(=O)nc3N)c2)=N1. The summed E-state index contributed by atoms with van der Waals surface area (Å²) in [6, 6.07) is 8.32. The molecule has 4 unspecified atom stereocenters. The van der Waals surface area contributed by atoms with Crippen molar-refractivity contribution in [3.63, 3.8) is 0 Å². The van der Waals surface area contributed by atoms with E-state index in [-0.39, 0.29) is 88.5 Å². The molecule has 1 aromatic carbocycles. The zero-order chi connectivity index (χ0) is 53.3. The molecule has 1 fully saturated rings. The van der Waals surface area contributed by atoms with Gasteiger partial charge < -0.3 is 69.8 Å². The molecule has 3 amide bonds. The third-order valence-electron chi connectivity index (χ3n) is 10.2. The summed E-state index contributed by atoms with van der Waals surface area (Å²) < 4.78 is 86.0. The molecule has 0 radical (unpaired) electrons. The molecule has 1 saturated heterocycles. The van der Waals surface area contributed by atoms with E-state index in [0.29, 0.717) is 30.1 Å². The number of phosphoric ester groups is 1. The lowest BCUT2D eigenvalue weighted by Crippen LogP contribution is -2.34. The molecule has 0 spiro atoms. The Morgan fingerprint density at radius 2 is 1.81 bits per heavy atom. The van der Waals surface area contributed by atoms with Gasteiger partial charge in [0, 0.05) is 55.0 Å². The van der Waals surface area contributed by atoms with E-state index < -0.39 is 67.7 Å². The molecule has 31 heteroatoms. The first-order chi connectivity index (χ1) is 34.5. The van der Waals surface area contributed by atoms with Gasteiger partial charge in [0.05, 0.1) is 43.7 Å². The quantitative estimate of drug-likeness (QED) is 0.0177. The number of hydrogen-bond acceptors (Lipinski definition) is 18. The summed E-state index contributed by atoms with van der Waals surface area (Å²) in [7, 11) is -15.9. The second-order valence-corrected chi connectivity index (χ2v) is 21.2. The molecule has 0 saturated carbocycles. The summed E-state index contributed by atoms with van der Waals surface area (Å²) in [6.07, 6.45) is 5.02. The molecule has 0 bridgehead atoms. The normalized spacial score (nSPS) is 18.6. The minimum Gasteiger partial charge on any atom is -0.489 e. The van der Waals surface area contributed by atoms with Crippen LogP contribution in [0.3, 0.4) is 0 Å². The van der Waals surface area contributed by atoms with Crippen LogP contribution in [0.1, 0.15) is 64.8 Å². The van der Waals surface area contributed by atoms with Crippen LogP contribution in [0.5, 0.6) is 5.75 Å². The van der Waals surface area contributed by atoms with Crippen LogP contribution in [0, 0.1) is 25.7 Å². The molecule has 5 rings (SSSR count). The molecule has 26 nitrogen and oxygen atoms in total. The van der Waals surface area contributed by atoms with E-state index in [2.05, 4.69) is 50.9 Å². The maximum absolute atomic E-state index is 13.5. The summed E-state index contributed by atoms with van der Waals surface area (Å²) in [5, 5.41) is 8.06. The number of halogens is 1. The number of allylic oxidation sites excluding steroid dienone is 2. The first-order valence-corrected chi connectivity index (χ1v) is 27.3. The van der Waals surface area contributed by atoms with Gasteiger partial charge in [0.2, 0.25) is 11.8 Å². The summed E-state index contributed by atoms with van der Waals surface area (Å²) in [4.78, 5) is 86.7. The number of nitrogens with one attached hydrogen (secondary N) is 3. The van der Waals surface area contributed by atoms with Crippen LogP contribution in [0.25, 0.3) is 6.08 Å². The van der Waals surface area contributed by atoms with Gasteiger partial charge in [-0.3, -0.25) is 33.0 Å². The number of anilines is 1. The first kappa shape index (κ1) is 58.3. The number of ether oxygens (including phenoxy) is 4. The number of carbonyl (C=O) groups is 3. The Morgan fingerprint density at radius 1 is 1.04 bits per heavy atom. The number of aromatic nitrogens is 3. The number of nitrogens with zero attached hydrogens (tertiary/aromatic N) is 4. The molecule has 4 heterocycles. The van der Waals surface area contributed by atoms with Crippen molar-refractivity contribution >= 4 is 66.3 Å². The zero-order valence-electron chi connectivity index (χ0n) is 39.8. The van der Waals surface area contributed by atoms with Crippen molar-refractivity contribution in [2.45, 2.75) is 58.1 Å². The van der Waals surface area contributed by atoms with Gasteiger partial charge in [0.1, 0.15) is 37.2 Å². The van der Waals surface area contributed by atoms with Crippen molar-refractivity contribution in [3.8, 4) is 17.6 Å². The molecule has 2 aromatic heterocycles. The van der Waals surface area contributed by atoms with E-state index in [1.165, 1.54) is 12.3 Å². The van der Waals surface area contributed by atoms with E-state index in [0.717, 1.165) is 27.2 Å². The molecule has 0 aliphatic carbocycles. The van der Waals surface area contributed by atoms with E-state index in [9.17, 15) is 47.0 Å². The van der Waals surface area contributed by atoms with Crippen molar-refractivity contribution in [1.29, 1.82) is 0 Å². The fraction of sp³-hybridized carbons (Fsp3) is 0.429. The van der Waals surface area contributed by atoms with Gasteiger partial charge in [-0.1, -0.05) is 17.9 Å². The third kappa shape index (κ3) is 19.6. The van der Waals surface area contributed by atoms with E-state index in [1.54, 1.807) is 22.7 Å². The first-order valence-electron chi connectivity index (χ1n) is 22.2. The number of rotatable bonds is 27. The molecule has 2 aliphatic heterocycles. The number of amides is 3. The highest BCUT2D eigenvalue weighted by molar-refractivity contribution is 7.68. The van der Waals surface area contributed by atoms with Gasteiger partial charge in [0.15, 0.2) is 0 Å². The van der Waals surface area contributed by atoms with Gasteiger partial charge in [-0.25, -0.2) is 18.2 Å². The number of benzene rings is 1. The Balaban J connectivity index is 0.919. The largest absolute Gasteiger partial charge is 0.489 e. The fourth-order valence-corrected chi connectivity index (χ4v) is 10.4. The number of nitrogens with two attached hydrogens (primary N) is 2. The minimum atomic E-state index is -5.46. The van der Waals surface area contributed by atoms with E-state index >= 15 is 0 Å². The number of phosphoric acid groups is 2. The van der Waals surface area contributed by atoms with Crippen molar-refractivity contribution < 1.29 is 79.2 Å². The molecular formula is C42H56BFN9O17P3. The number of carbonyl (C=O) groups excluding carboxylic acids is 3. The van der Waals surface area contributed by atoms with E-state index in [1.807, 2.05) is 38.1 Å². The molecular weight excluding hydrogens is 1030 g/mol. The lowest BCUT2D eigenvalue weighted by Gasteiger charge is -2.19. The van der Waals surface area contributed by atoms with Gasteiger partial charge in [0.25, 0.3) is 5.91 Å². The lowest BCUT2D eigenvalue weighted by molar-refractivity contribution is -0.126. The summed E-state index contributed by atoms with van der Waals surface area (Å²) in [5.74, 6) is 4.45. The molecule has 6 atom stereocenters. The third-order valence-corrected chi connectivity index (χ3v) is 14.3. The summed E-state index contributed by atoms with van der Waals surface area (Å²) in [6.45, 7) is 3.54. The lowest BCUT2D eigenvalue weighted by atomic mass is 10.2. The van der Waals surface area contributed by atoms with Gasteiger partial charge in [-0.15, -0.1) is 0 Å². The van der Waals surface area contributed by atoms with Crippen molar-refractivity contribution in [1.82, 2.24) is 30.0 Å². The maximum Gasteiger partial charge on any atom is 0.488 e. The predicted octanol–water partition coefficient (Wildman–Crippen LogP) is 1.61. The van der Waals surface area contributed by atoms with Crippen LogP contribution in [0.2, 0.25) is 0 Å². The average Bonchev–Trinajstić information content (AvgIpc) is 4.05. The molecule has 3 aromatic rings. The Morgan fingerprint density at radius 3 is 2.56 bits per heavy atom. The standard InChI is InChI=1S/C42H56BFN9O17P3/c1-27-20-28(2)53(43-44)35(27)22-32-10-9-31(50-32)11-13-37(54)48-16-17-49-41(56)29-6-4-8-33(21-29)66-25-36(45)65-19-18-64-26-38(55)47-15-5-7-30-23-52(42(57)51-40(30)46)39-14-12-34(68-39)24-67-72(60,61)70-73(62,63)69-71(3,58)59/h4,6,8-10,20-23,34,36,39,43H,11-19,24-26,45H2,1-3H3,(H,47,55)(H,48,54)(H,49,56)(H,58,59)(H,60,61)(H,62,63)(H2,46,51,57)/b32-22-/t34-,36?,39+/m0/s1. The monoisotopic (exact) mass is 1080 g/mol. The Labute approximate surface area is 418 Å². The van der Waals surface area contributed by atoms with Crippen LogP contribution in [-0.2, 0) is 50.6 Å². The van der Waals surface area contributed by atoms with Crippen molar-refractivity contribution in [3.05, 3.63) is 92.9 Å². The Bertz CT molecular complexity index is 2850. The van der Waals surface area contributed by atoms with Crippen LogP contribution < -0.4 is 37.8 Å². The molecule has 396 valence electrons. The van der Waals surface area contributed by atoms with Gasteiger partial charge in [-0.2, -0.15) is 9.29 Å². The van der Waals surface area contributed by atoms with Crippen molar-refractivity contribution in [2.24, 2.45) is 10.7 Å². The molecule has 73 heavy (non-hydrogen) atoms. The topological polar surface area (TPSA) is 368 Å². The average molecular weight is 1080 g/mol. The van der Waals surface area contributed by atoms with Gasteiger partial charge in [-0.05, 0) is 81.2 Å². The second kappa shape index (κ2) is 27.1. The van der Waals surface area contributed by atoms with Crippen LogP contribution in [0.15, 0.2) is 64.2 Å². The Hall–Kier alpha value is -5.62. The predicted molar refractivity (Wildman–Crippen MR) is 263 cm³/mol. The van der Waals surface area contributed by atoms with Gasteiger partial charge >= 0.3 is 36.6 Å². The minimum absolute atomic E-state index is 0.00745. The number of aryl methyl sites for hydroxylation is 2. The highest BCUT2D eigenvalue weighted by Crippen LogP contribution is 2.66.